The van der Waals surface area contributed by atoms with Crippen LogP contribution in [0.25, 0.3) is 0 Å². The summed E-state index contributed by atoms with van der Waals surface area (Å²) >= 11 is 0. The average Bonchev–Trinajstić information content (AvgIpc) is 2.16. The summed E-state index contributed by atoms with van der Waals surface area (Å²) in [6.45, 7) is 12.9. The molecule has 0 bridgehead atoms. The van der Waals surface area contributed by atoms with Crippen molar-refractivity contribution in [2.75, 3.05) is 19.6 Å². The van der Waals surface area contributed by atoms with E-state index in [1.807, 2.05) is 13.8 Å². The van der Waals surface area contributed by atoms with Gasteiger partial charge in [0.05, 0.1) is 5.41 Å². The van der Waals surface area contributed by atoms with Gasteiger partial charge in [-0.15, -0.1) is 0 Å². The SMILES string of the molecule is CCCC(C)(CN(CC)CC(C)C)C(=O)O. The van der Waals surface area contributed by atoms with Gasteiger partial charge in [-0.3, -0.25) is 4.79 Å². The van der Waals surface area contributed by atoms with Crippen molar-refractivity contribution < 1.29 is 9.90 Å². The minimum absolute atomic E-state index is 0.583. The van der Waals surface area contributed by atoms with E-state index in [4.69, 9.17) is 0 Å². The lowest BCUT2D eigenvalue weighted by atomic mass is 9.85. The molecule has 3 heteroatoms. The molecule has 0 rings (SSSR count). The lowest BCUT2D eigenvalue weighted by Gasteiger charge is -2.32. The van der Waals surface area contributed by atoms with Crippen LogP contribution in [0.4, 0.5) is 0 Å². The third-order valence-electron chi connectivity index (χ3n) is 2.96. The second-order valence-electron chi connectivity index (χ2n) is 5.34. The summed E-state index contributed by atoms with van der Waals surface area (Å²) in [6.07, 6.45) is 1.67. The molecule has 0 amide bonds. The van der Waals surface area contributed by atoms with Crippen LogP contribution in [0.5, 0.6) is 0 Å². The molecule has 0 fully saturated rings. The van der Waals surface area contributed by atoms with Gasteiger partial charge in [-0.2, -0.15) is 0 Å². The maximum absolute atomic E-state index is 11.3. The molecule has 0 aliphatic carbocycles. The minimum Gasteiger partial charge on any atom is -0.481 e. The lowest BCUT2D eigenvalue weighted by molar-refractivity contribution is -0.149. The van der Waals surface area contributed by atoms with Gasteiger partial charge in [0, 0.05) is 13.1 Å². The van der Waals surface area contributed by atoms with Crippen LogP contribution < -0.4 is 0 Å². The summed E-state index contributed by atoms with van der Waals surface area (Å²) in [6, 6.07) is 0. The van der Waals surface area contributed by atoms with E-state index in [2.05, 4.69) is 25.7 Å². The topological polar surface area (TPSA) is 40.5 Å². The highest BCUT2D eigenvalue weighted by Crippen LogP contribution is 2.25. The van der Waals surface area contributed by atoms with Gasteiger partial charge in [-0.25, -0.2) is 0 Å². The van der Waals surface area contributed by atoms with Gasteiger partial charge < -0.3 is 10.0 Å². The number of nitrogens with zero attached hydrogens (tertiary/aromatic N) is 1. The lowest BCUT2D eigenvalue weighted by Crippen LogP contribution is -2.42. The van der Waals surface area contributed by atoms with Gasteiger partial charge in [-0.1, -0.05) is 34.1 Å². The molecule has 0 spiro atoms. The van der Waals surface area contributed by atoms with Crippen molar-refractivity contribution in [2.24, 2.45) is 11.3 Å². The largest absolute Gasteiger partial charge is 0.481 e. The van der Waals surface area contributed by atoms with Crippen LogP contribution in [0.15, 0.2) is 0 Å². The Hall–Kier alpha value is -0.570. The van der Waals surface area contributed by atoms with Gasteiger partial charge in [-0.05, 0) is 25.8 Å². The molecular weight excluding hydrogens is 202 g/mol. The Bertz CT molecular complexity index is 216. The number of rotatable bonds is 8. The zero-order valence-electron chi connectivity index (χ0n) is 11.4. The van der Waals surface area contributed by atoms with Gasteiger partial charge in [0.15, 0.2) is 0 Å². The third-order valence-corrected chi connectivity index (χ3v) is 2.96. The standard InChI is InChI=1S/C13H27NO2/c1-6-8-13(5,12(15)16)10-14(7-2)9-11(3)4/h11H,6-10H2,1-5H3,(H,15,16). The number of aliphatic carboxylic acids is 1. The van der Waals surface area contributed by atoms with Gasteiger partial charge in [0.25, 0.3) is 0 Å². The molecule has 0 aromatic heterocycles. The van der Waals surface area contributed by atoms with Gasteiger partial charge >= 0.3 is 5.97 Å². The quantitative estimate of drug-likeness (QED) is 0.695. The van der Waals surface area contributed by atoms with Crippen LogP contribution in [-0.2, 0) is 4.79 Å². The molecule has 0 aliphatic rings. The van der Waals surface area contributed by atoms with Crippen LogP contribution in [-0.4, -0.2) is 35.6 Å². The first-order chi connectivity index (χ1) is 7.35. The Balaban J connectivity index is 4.52. The molecule has 0 aromatic rings. The van der Waals surface area contributed by atoms with Crippen LogP contribution in [0, 0.1) is 11.3 Å². The van der Waals surface area contributed by atoms with Crippen molar-refractivity contribution in [2.45, 2.75) is 47.5 Å². The minimum atomic E-state index is -0.670. The van der Waals surface area contributed by atoms with Crippen molar-refractivity contribution in [3.05, 3.63) is 0 Å². The number of carboxylic acids is 1. The second-order valence-corrected chi connectivity index (χ2v) is 5.34. The molecular formula is C13H27NO2. The maximum Gasteiger partial charge on any atom is 0.310 e. The zero-order valence-corrected chi connectivity index (χ0v) is 11.4. The average molecular weight is 229 g/mol. The molecule has 0 aromatic carbocycles. The highest BCUT2D eigenvalue weighted by atomic mass is 16.4. The molecule has 1 N–H and O–H groups in total. The van der Waals surface area contributed by atoms with E-state index in [-0.39, 0.29) is 0 Å². The predicted octanol–water partition coefficient (Wildman–Crippen LogP) is 2.86. The first-order valence-electron chi connectivity index (χ1n) is 6.31. The molecule has 0 radical (unpaired) electrons. The van der Waals surface area contributed by atoms with Crippen LogP contribution >= 0.6 is 0 Å². The number of carbonyl (C=O) groups is 1. The Morgan fingerprint density at radius 3 is 2.25 bits per heavy atom. The van der Waals surface area contributed by atoms with E-state index >= 15 is 0 Å². The predicted molar refractivity (Wildman–Crippen MR) is 67.6 cm³/mol. The number of carboxylic acid groups (broad SMARTS) is 1. The normalized spacial score (nSPS) is 15.4. The fourth-order valence-corrected chi connectivity index (χ4v) is 2.12. The highest BCUT2D eigenvalue weighted by Gasteiger charge is 2.33. The monoisotopic (exact) mass is 229 g/mol. The molecule has 0 aliphatic heterocycles. The molecule has 0 saturated carbocycles. The van der Waals surface area contributed by atoms with E-state index in [0.717, 1.165) is 25.9 Å². The first kappa shape index (κ1) is 15.4. The van der Waals surface area contributed by atoms with Crippen LogP contribution in [0.1, 0.15) is 47.5 Å². The second kappa shape index (κ2) is 6.89. The molecule has 1 atom stereocenters. The Labute approximate surface area is 99.8 Å². The van der Waals surface area contributed by atoms with Crippen molar-refractivity contribution in [3.63, 3.8) is 0 Å². The van der Waals surface area contributed by atoms with Crippen molar-refractivity contribution >= 4 is 5.97 Å². The summed E-state index contributed by atoms with van der Waals surface area (Å²) < 4.78 is 0. The smallest absolute Gasteiger partial charge is 0.310 e. The highest BCUT2D eigenvalue weighted by molar-refractivity contribution is 5.74. The van der Waals surface area contributed by atoms with Crippen molar-refractivity contribution in [1.29, 1.82) is 0 Å². The van der Waals surface area contributed by atoms with E-state index in [0.29, 0.717) is 12.5 Å². The van der Waals surface area contributed by atoms with Crippen molar-refractivity contribution in [3.8, 4) is 0 Å². The number of hydrogen-bond acceptors (Lipinski definition) is 2. The summed E-state index contributed by atoms with van der Waals surface area (Å²) in [5, 5.41) is 9.32. The van der Waals surface area contributed by atoms with E-state index in [1.54, 1.807) is 0 Å². The fraction of sp³-hybridized carbons (Fsp3) is 0.923. The molecule has 0 saturated heterocycles. The number of hydrogen-bond donors (Lipinski definition) is 1. The Kier molecular flexibility index (Phi) is 6.65. The Morgan fingerprint density at radius 1 is 1.38 bits per heavy atom. The molecule has 16 heavy (non-hydrogen) atoms. The molecule has 1 unspecified atom stereocenters. The summed E-state index contributed by atoms with van der Waals surface area (Å²) in [5.41, 5.74) is -0.598. The first-order valence-corrected chi connectivity index (χ1v) is 6.31. The maximum atomic E-state index is 11.3. The molecule has 3 nitrogen and oxygen atoms in total. The zero-order chi connectivity index (χ0) is 12.8. The third kappa shape index (κ3) is 4.97. The summed E-state index contributed by atoms with van der Waals surface area (Å²) in [7, 11) is 0. The summed E-state index contributed by atoms with van der Waals surface area (Å²) in [4.78, 5) is 13.6. The van der Waals surface area contributed by atoms with Crippen molar-refractivity contribution in [1.82, 2.24) is 4.90 Å². The van der Waals surface area contributed by atoms with E-state index < -0.39 is 11.4 Å². The fourth-order valence-electron chi connectivity index (χ4n) is 2.12. The molecule has 96 valence electrons. The summed E-state index contributed by atoms with van der Waals surface area (Å²) in [5.74, 6) is -0.0869. The van der Waals surface area contributed by atoms with Crippen LogP contribution in [0.3, 0.4) is 0 Å². The van der Waals surface area contributed by atoms with E-state index in [1.165, 1.54) is 0 Å². The van der Waals surface area contributed by atoms with Gasteiger partial charge in [0.2, 0.25) is 0 Å². The molecule has 0 heterocycles. The van der Waals surface area contributed by atoms with E-state index in [9.17, 15) is 9.90 Å². The Morgan fingerprint density at radius 2 is 1.94 bits per heavy atom. The van der Waals surface area contributed by atoms with Gasteiger partial charge in [0.1, 0.15) is 0 Å². The van der Waals surface area contributed by atoms with Crippen LogP contribution in [0.2, 0.25) is 0 Å².